The quantitative estimate of drug-likeness (QED) is 0.755. The molecule has 3 rings (SSSR count). The highest BCUT2D eigenvalue weighted by molar-refractivity contribution is 5.96. The summed E-state index contributed by atoms with van der Waals surface area (Å²) < 4.78 is 12.8. The van der Waals surface area contributed by atoms with Gasteiger partial charge in [-0.1, -0.05) is 20.8 Å². The summed E-state index contributed by atoms with van der Waals surface area (Å²) in [4.78, 5) is 13.1. The van der Waals surface area contributed by atoms with Crippen molar-refractivity contribution in [2.75, 3.05) is 20.3 Å². The number of nitrogens with one attached hydrogen (secondary N) is 1. The topological polar surface area (TPSA) is 65.4 Å². The van der Waals surface area contributed by atoms with Crippen LogP contribution in [0.3, 0.4) is 0 Å². The second-order valence-electron chi connectivity index (χ2n) is 7.67. The fourth-order valence-corrected chi connectivity index (χ4v) is 3.66. The zero-order chi connectivity index (χ0) is 20.1. The highest BCUT2D eigenvalue weighted by Gasteiger charge is 2.25. The number of hydrogen-bond donors (Lipinski definition) is 1. The van der Waals surface area contributed by atoms with Crippen LogP contribution in [0.25, 0.3) is 5.69 Å². The number of methoxy groups -OCH3 is 1. The number of nitrogens with zero attached hydrogens (tertiary/aromatic N) is 2. The largest absolute Gasteiger partial charge is 0.497 e. The summed E-state index contributed by atoms with van der Waals surface area (Å²) in [5, 5.41) is 7.91. The van der Waals surface area contributed by atoms with Gasteiger partial charge in [0.1, 0.15) is 5.75 Å². The van der Waals surface area contributed by atoms with Gasteiger partial charge < -0.3 is 14.8 Å². The van der Waals surface area contributed by atoms with Crippen molar-refractivity contribution in [3.63, 3.8) is 0 Å². The molecule has 2 aromatic rings. The fraction of sp³-hybridized carbons (Fsp3) is 0.545. The van der Waals surface area contributed by atoms with Crippen LogP contribution in [0.4, 0.5) is 0 Å². The molecule has 0 aliphatic carbocycles. The van der Waals surface area contributed by atoms with Gasteiger partial charge in [0.2, 0.25) is 0 Å². The number of benzene rings is 1. The zero-order valence-corrected chi connectivity index (χ0v) is 17.3. The summed E-state index contributed by atoms with van der Waals surface area (Å²) in [5.41, 5.74) is 3.43. The lowest BCUT2D eigenvalue weighted by Gasteiger charge is -2.12. The fourth-order valence-electron chi connectivity index (χ4n) is 3.66. The third-order valence-electron chi connectivity index (χ3n) is 5.05. The molecule has 0 saturated carbocycles. The smallest absolute Gasteiger partial charge is 0.255 e. The van der Waals surface area contributed by atoms with Gasteiger partial charge in [0.25, 0.3) is 5.91 Å². The first-order chi connectivity index (χ1) is 13.5. The predicted octanol–water partition coefficient (Wildman–Crippen LogP) is 3.55. The maximum Gasteiger partial charge on any atom is 0.255 e. The molecule has 1 atom stereocenters. The van der Waals surface area contributed by atoms with Crippen LogP contribution in [-0.2, 0) is 17.6 Å². The molecular weight excluding hydrogens is 354 g/mol. The van der Waals surface area contributed by atoms with E-state index >= 15 is 0 Å². The standard InChI is InChI=1S/C22H31N3O3/c1-5-20-21(22(26)23-14-18-7-6-12-28-18)19(13-15(2)3)24-25(20)16-8-10-17(27-4)11-9-16/h8-11,15,18H,5-7,12-14H2,1-4H3,(H,23,26). The molecule has 1 aromatic carbocycles. The van der Waals surface area contributed by atoms with Crippen LogP contribution < -0.4 is 10.1 Å². The highest BCUT2D eigenvalue weighted by Crippen LogP contribution is 2.24. The number of amides is 1. The Balaban J connectivity index is 1.93. The molecule has 1 aliphatic heterocycles. The monoisotopic (exact) mass is 385 g/mol. The average molecular weight is 386 g/mol. The van der Waals surface area contributed by atoms with Crippen LogP contribution in [0.2, 0.25) is 0 Å². The summed E-state index contributed by atoms with van der Waals surface area (Å²) in [6, 6.07) is 7.77. The van der Waals surface area contributed by atoms with Crippen LogP contribution in [0, 0.1) is 5.92 Å². The molecule has 1 amide bonds. The van der Waals surface area contributed by atoms with Crippen molar-refractivity contribution in [3.8, 4) is 11.4 Å². The third-order valence-corrected chi connectivity index (χ3v) is 5.05. The molecule has 1 aromatic heterocycles. The SMILES string of the molecule is CCc1c(C(=O)NCC2CCCO2)c(CC(C)C)nn1-c1ccc(OC)cc1. The Morgan fingerprint density at radius 2 is 2.11 bits per heavy atom. The zero-order valence-electron chi connectivity index (χ0n) is 17.3. The number of aromatic nitrogens is 2. The molecule has 1 saturated heterocycles. The van der Waals surface area contributed by atoms with Crippen molar-refractivity contribution in [1.82, 2.24) is 15.1 Å². The first kappa shape index (κ1) is 20.4. The van der Waals surface area contributed by atoms with Gasteiger partial charge >= 0.3 is 0 Å². The molecule has 1 unspecified atom stereocenters. The van der Waals surface area contributed by atoms with Gasteiger partial charge in [0, 0.05) is 13.2 Å². The highest BCUT2D eigenvalue weighted by atomic mass is 16.5. The lowest BCUT2D eigenvalue weighted by molar-refractivity contribution is 0.0856. The molecule has 1 fully saturated rings. The van der Waals surface area contributed by atoms with E-state index in [0.717, 1.165) is 55.1 Å². The van der Waals surface area contributed by atoms with E-state index in [4.69, 9.17) is 14.6 Å². The van der Waals surface area contributed by atoms with E-state index in [9.17, 15) is 4.79 Å². The second kappa shape index (κ2) is 9.24. The number of ether oxygens (including phenoxy) is 2. The molecule has 2 heterocycles. The molecular formula is C22H31N3O3. The van der Waals surface area contributed by atoms with Crippen molar-refractivity contribution >= 4 is 5.91 Å². The van der Waals surface area contributed by atoms with Gasteiger partial charge in [-0.2, -0.15) is 5.10 Å². The molecule has 6 heteroatoms. The van der Waals surface area contributed by atoms with Crippen molar-refractivity contribution in [3.05, 3.63) is 41.2 Å². The normalized spacial score (nSPS) is 16.5. The maximum absolute atomic E-state index is 13.1. The van der Waals surface area contributed by atoms with Gasteiger partial charge in [0.15, 0.2) is 0 Å². The Kier molecular flexibility index (Phi) is 6.73. The molecule has 6 nitrogen and oxygen atoms in total. The third kappa shape index (κ3) is 4.55. The van der Waals surface area contributed by atoms with E-state index < -0.39 is 0 Å². The maximum atomic E-state index is 13.1. The molecule has 28 heavy (non-hydrogen) atoms. The summed E-state index contributed by atoms with van der Waals surface area (Å²) >= 11 is 0. The Labute approximate surface area is 167 Å². The van der Waals surface area contributed by atoms with E-state index in [2.05, 4.69) is 26.1 Å². The molecule has 1 N–H and O–H groups in total. The van der Waals surface area contributed by atoms with Gasteiger partial charge in [0.05, 0.1) is 35.9 Å². The molecule has 1 aliphatic rings. The number of hydrogen-bond acceptors (Lipinski definition) is 4. The number of carbonyl (C=O) groups excluding carboxylic acids is 1. The van der Waals surface area contributed by atoms with Gasteiger partial charge in [-0.05, 0) is 55.9 Å². The van der Waals surface area contributed by atoms with Gasteiger partial charge in [-0.15, -0.1) is 0 Å². The lowest BCUT2D eigenvalue weighted by atomic mass is 10.0. The predicted molar refractivity (Wildman–Crippen MR) is 109 cm³/mol. The Morgan fingerprint density at radius 3 is 2.68 bits per heavy atom. The van der Waals surface area contributed by atoms with Crippen LogP contribution >= 0.6 is 0 Å². The van der Waals surface area contributed by atoms with E-state index in [1.165, 1.54) is 0 Å². The van der Waals surface area contributed by atoms with Crippen LogP contribution in [0.15, 0.2) is 24.3 Å². The van der Waals surface area contributed by atoms with Crippen molar-refractivity contribution in [2.45, 2.75) is 52.6 Å². The average Bonchev–Trinajstić information content (AvgIpc) is 3.33. The van der Waals surface area contributed by atoms with Crippen LogP contribution in [0.1, 0.15) is 55.4 Å². The first-order valence-electron chi connectivity index (χ1n) is 10.2. The van der Waals surface area contributed by atoms with Crippen molar-refractivity contribution < 1.29 is 14.3 Å². The minimum Gasteiger partial charge on any atom is -0.497 e. The van der Waals surface area contributed by atoms with E-state index in [1.54, 1.807) is 7.11 Å². The summed E-state index contributed by atoms with van der Waals surface area (Å²) in [5.74, 6) is 1.15. The minimum atomic E-state index is -0.0530. The second-order valence-corrected chi connectivity index (χ2v) is 7.67. The number of carbonyl (C=O) groups is 1. The van der Waals surface area contributed by atoms with Crippen LogP contribution in [-0.4, -0.2) is 42.1 Å². The van der Waals surface area contributed by atoms with Crippen molar-refractivity contribution in [1.29, 1.82) is 0 Å². The number of rotatable bonds is 8. The van der Waals surface area contributed by atoms with Gasteiger partial charge in [-0.3, -0.25) is 4.79 Å². The Morgan fingerprint density at radius 1 is 1.36 bits per heavy atom. The molecule has 0 radical (unpaired) electrons. The summed E-state index contributed by atoms with van der Waals surface area (Å²) in [6.07, 6.45) is 3.68. The van der Waals surface area contributed by atoms with Gasteiger partial charge in [-0.25, -0.2) is 4.68 Å². The van der Waals surface area contributed by atoms with Crippen LogP contribution in [0.5, 0.6) is 5.75 Å². The summed E-state index contributed by atoms with van der Waals surface area (Å²) in [7, 11) is 1.65. The first-order valence-corrected chi connectivity index (χ1v) is 10.2. The van der Waals surface area contributed by atoms with E-state index in [-0.39, 0.29) is 12.0 Å². The lowest BCUT2D eigenvalue weighted by Crippen LogP contribution is -2.32. The molecule has 152 valence electrons. The Hall–Kier alpha value is -2.34. The molecule has 0 bridgehead atoms. The summed E-state index contributed by atoms with van der Waals surface area (Å²) in [6.45, 7) is 7.69. The van der Waals surface area contributed by atoms with E-state index in [0.29, 0.717) is 18.0 Å². The Bertz CT molecular complexity index is 790. The van der Waals surface area contributed by atoms with Crippen molar-refractivity contribution in [2.24, 2.45) is 5.92 Å². The minimum absolute atomic E-state index is 0.0530. The molecule has 0 spiro atoms. The van der Waals surface area contributed by atoms with E-state index in [1.807, 2.05) is 28.9 Å².